The van der Waals surface area contributed by atoms with Crippen molar-refractivity contribution in [3.8, 4) is 0 Å². The molecule has 0 aromatic rings. The van der Waals surface area contributed by atoms with E-state index in [9.17, 15) is 0 Å². The molecule has 0 bridgehead atoms. The molecular formula is C6H12O3. The average Bonchev–Trinajstić information content (AvgIpc) is 2.35. The Hall–Kier alpha value is -0.120. The third kappa shape index (κ3) is 1.64. The number of ether oxygens (including phenoxy) is 1. The van der Waals surface area contributed by atoms with E-state index in [1.165, 1.54) is 0 Å². The van der Waals surface area contributed by atoms with Crippen LogP contribution in [-0.4, -0.2) is 22.3 Å². The van der Waals surface area contributed by atoms with Gasteiger partial charge < -0.3 is 14.9 Å². The Kier molecular flexibility index (Phi) is 1.75. The predicted molar refractivity (Wildman–Crippen MR) is 31.6 cm³/mol. The van der Waals surface area contributed by atoms with Crippen LogP contribution in [0.15, 0.2) is 0 Å². The van der Waals surface area contributed by atoms with Crippen molar-refractivity contribution in [1.82, 2.24) is 0 Å². The Morgan fingerprint density at radius 1 is 1.56 bits per heavy atom. The lowest BCUT2D eigenvalue weighted by Gasteiger charge is -1.91. The maximum atomic E-state index is 8.65. The van der Waals surface area contributed by atoms with Crippen molar-refractivity contribution in [3.63, 3.8) is 0 Å². The third-order valence-electron chi connectivity index (χ3n) is 1.50. The molecule has 9 heavy (non-hydrogen) atoms. The average molecular weight is 132 g/mol. The summed E-state index contributed by atoms with van der Waals surface area (Å²) in [7, 11) is 0. The number of rotatable bonds is 3. The SMILES string of the molecule is CCCCC1OC1(O)O. The zero-order valence-corrected chi connectivity index (χ0v) is 5.50. The van der Waals surface area contributed by atoms with Crippen LogP contribution in [0.1, 0.15) is 26.2 Å². The molecule has 0 aromatic carbocycles. The summed E-state index contributed by atoms with van der Waals surface area (Å²) in [5, 5.41) is 17.3. The molecule has 0 spiro atoms. The highest BCUT2D eigenvalue weighted by molar-refractivity contribution is 4.81. The first-order valence-corrected chi connectivity index (χ1v) is 3.29. The molecule has 0 radical (unpaired) electrons. The van der Waals surface area contributed by atoms with Crippen LogP contribution in [0.2, 0.25) is 0 Å². The van der Waals surface area contributed by atoms with Gasteiger partial charge in [0.1, 0.15) is 6.10 Å². The van der Waals surface area contributed by atoms with Gasteiger partial charge in [0, 0.05) is 0 Å². The topological polar surface area (TPSA) is 53.0 Å². The summed E-state index contributed by atoms with van der Waals surface area (Å²) in [6.45, 7) is 2.05. The molecular weight excluding hydrogens is 120 g/mol. The summed E-state index contributed by atoms with van der Waals surface area (Å²) >= 11 is 0. The highest BCUT2D eigenvalue weighted by atomic mass is 16.9. The van der Waals surface area contributed by atoms with Crippen molar-refractivity contribution in [3.05, 3.63) is 0 Å². The monoisotopic (exact) mass is 132 g/mol. The Labute approximate surface area is 54.3 Å². The van der Waals surface area contributed by atoms with Crippen LogP contribution in [0, 0.1) is 0 Å². The summed E-state index contributed by atoms with van der Waals surface area (Å²) in [5.74, 6) is -1.78. The Morgan fingerprint density at radius 3 is 2.44 bits per heavy atom. The predicted octanol–water partition coefficient (Wildman–Crippen LogP) is 0.214. The maximum absolute atomic E-state index is 8.65. The quantitative estimate of drug-likeness (QED) is 0.426. The minimum Gasteiger partial charge on any atom is -0.341 e. The fourth-order valence-corrected chi connectivity index (χ4v) is 0.812. The molecule has 1 atom stereocenters. The summed E-state index contributed by atoms with van der Waals surface area (Å²) in [5.41, 5.74) is 0. The molecule has 3 nitrogen and oxygen atoms in total. The maximum Gasteiger partial charge on any atom is 0.306 e. The van der Waals surface area contributed by atoms with E-state index in [-0.39, 0.29) is 6.10 Å². The molecule has 2 N–H and O–H groups in total. The van der Waals surface area contributed by atoms with Crippen LogP contribution >= 0.6 is 0 Å². The molecule has 0 amide bonds. The number of aliphatic hydroxyl groups is 2. The van der Waals surface area contributed by atoms with Gasteiger partial charge in [-0.15, -0.1) is 0 Å². The minimum atomic E-state index is -1.78. The van der Waals surface area contributed by atoms with Crippen molar-refractivity contribution < 1.29 is 14.9 Å². The second-order valence-corrected chi connectivity index (χ2v) is 2.41. The largest absolute Gasteiger partial charge is 0.341 e. The molecule has 1 saturated heterocycles. The molecule has 0 aliphatic carbocycles. The van der Waals surface area contributed by atoms with Crippen LogP contribution in [0.4, 0.5) is 0 Å². The molecule has 1 aliphatic rings. The molecule has 0 aromatic heterocycles. The lowest BCUT2D eigenvalue weighted by molar-refractivity contribution is -0.150. The minimum absolute atomic E-state index is 0.322. The fourth-order valence-electron chi connectivity index (χ4n) is 0.812. The van der Waals surface area contributed by atoms with Crippen LogP contribution in [0.5, 0.6) is 0 Å². The van der Waals surface area contributed by atoms with Gasteiger partial charge in [-0.05, 0) is 6.42 Å². The van der Waals surface area contributed by atoms with Crippen LogP contribution in [-0.2, 0) is 4.74 Å². The van der Waals surface area contributed by atoms with E-state index in [4.69, 9.17) is 10.2 Å². The van der Waals surface area contributed by atoms with Gasteiger partial charge in [0.2, 0.25) is 0 Å². The van der Waals surface area contributed by atoms with Crippen molar-refractivity contribution in [2.24, 2.45) is 0 Å². The van der Waals surface area contributed by atoms with Gasteiger partial charge in [0.25, 0.3) is 0 Å². The van der Waals surface area contributed by atoms with Crippen molar-refractivity contribution >= 4 is 0 Å². The Balaban J connectivity index is 2.06. The first-order valence-electron chi connectivity index (χ1n) is 3.29. The lowest BCUT2D eigenvalue weighted by atomic mass is 10.2. The van der Waals surface area contributed by atoms with E-state index in [1.54, 1.807) is 0 Å². The van der Waals surface area contributed by atoms with Crippen LogP contribution < -0.4 is 0 Å². The van der Waals surface area contributed by atoms with Crippen LogP contribution in [0.3, 0.4) is 0 Å². The van der Waals surface area contributed by atoms with E-state index < -0.39 is 5.97 Å². The number of hydrogen-bond donors (Lipinski definition) is 2. The van der Waals surface area contributed by atoms with Crippen molar-refractivity contribution in [2.45, 2.75) is 38.3 Å². The van der Waals surface area contributed by atoms with Crippen molar-refractivity contribution in [1.29, 1.82) is 0 Å². The van der Waals surface area contributed by atoms with Gasteiger partial charge in [-0.25, -0.2) is 0 Å². The molecule has 3 heteroatoms. The van der Waals surface area contributed by atoms with E-state index in [0.717, 1.165) is 19.3 Å². The number of hydrogen-bond acceptors (Lipinski definition) is 3. The van der Waals surface area contributed by atoms with Gasteiger partial charge in [-0.2, -0.15) is 0 Å². The number of unbranched alkanes of at least 4 members (excludes halogenated alkanes) is 1. The van der Waals surface area contributed by atoms with Gasteiger partial charge in [-0.1, -0.05) is 19.8 Å². The first-order chi connectivity index (χ1) is 4.17. The van der Waals surface area contributed by atoms with E-state index >= 15 is 0 Å². The smallest absolute Gasteiger partial charge is 0.306 e. The summed E-state index contributed by atoms with van der Waals surface area (Å²) in [4.78, 5) is 0. The standard InChI is InChI=1S/C6H12O3/c1-2-3-4-5-6(7,8)9-5/h5,7-8H,2-4H2,1H3. The normalized spacial score (nSPS) is 30.3. The fraction of sp³-hybridized carbons (Fsp3) is 1.00. The summed E-state index contributed by atoms with van der Waals surface area (Å²) in [6.07, 6.45) is 2.49. The number of epoxide rings is 1. The Bertz CT molecular complexity index is 100. The van der Waals surface area contributed by atoms with Gasteiger partial charge in [-0.3, -0.25) is 0 Å². The second-order valence-electron chi connectivity index (χ2n) is 2.41. The molecule has 1 fully saturated rings. The van der Waals surface area contributed by atoms with E-state index in [2.05, 4.69) is 11.7 Å². The van der Waals surface area contributed by atoms with E-state index in [0.29, 0.717) is 0 Å². The lowest BCUT2D eigenvalue weighted by Crippen LogP contribution is -2.11. The molecule has 1 aliphatic heterocycles. The molecule has 1 heterocycles. The second kappa shape index (κ2) is 2.25. The summed E-state index contributed by atoms with van der Waals surface area (Å²) in [6, 6.07) is 0. The highest BCUT2D eigenvalue weighted by Crippen LogP contribution is 2.33. The molecule has 0 saturated carbocycles. The summed E-state index contributed by atoms with van der Waals surface area (Å²) < 4.78 is 4.52. The zero-order chi connectivity index (χ0) is 6.91. The first kappa shape index (κ1) is 6.99. The van der Waals surface area contributed by atoms with E-state index in [1.807, 2.05) is 0 Å². The molecule has 1 unspecified atom stereocenters. The third-order valence-corrected chi connectivity index (χ3v) is 1.50. The zero-order valence-electron chi connectivity index (χ0n) is 5.50. The molecule has 1 rings (SSSR count). The van der Waals surface area contributed by atoms with Gasteiger partial charge in [0.15, 0.2) is 0 Å². The molecule has 54 valence electrons. The highest BCUT2D eigenvalue weighted by Gasteiger charge is 2.53. The van der Waals surface area contributed by atoms with Crippen LogP contribution in [0.25, 0.3) is 0 Å². The van der Waals surface area contributed by atoms with Gasteiger partial charge >= 0.3 is 5.97 Å². The van der Waals surface area contributed by atoms with Gasteiger partial charge in [0.05, 0.1) is 0 Å². The Morgan fingerprint density at radius 2 is 2.11 bits per heavy atom. The van der Waals surface area contributed by atoms with Crippen molar-refractivity contribution in [2.75, 3.05) is 0 Å².